The minimum atomic E-state index is -3.62. The number of rotatable bonds is 9. The summed E-state index contributed by atoms with van der Waals surface area (Å²) >= 11 is 1.38. The number of ether oxygens (including phenoxy) is 1. The fourth-order valence-electron chi connectivity index (χ4n) is 3.34. The number of benzene rings is 2. The Bertz CT molecular complexity index is 1080. The molecular weight excluding hydrogens is 467 g/mol. The van der Waals surface area contributed by atoms with Crippen LogP contribution in [0.4, 0.5) is 10.1 Å². The van der Waals surface area contributed by atoms with Crippen LogP contribution in [0.5, 0.6) is 0 Å². The van der Waals surface area contributed by atoms with E-state index >= 15 is 0 Å². The van der Waals surface area contributed by atoms with E-state index in [0.29, 0.717) is 30.1 Å². The Morgan fingerprint density at radius 2 is 1.79 bits per heavy atom. The van der Waals surface area contributed by atoms with Crippen molar-refractivity contribution in [1.82, 2.24) is 4.31 Å². The standard InChI is InChI=1S/C23H27FN2O5S2/c1-17-5-10-20(33(29,30)26-12-3-2-4-13-26)15-21(17)25-22(27)16-31-23(28)11-14-32-19-8-6-18(24)7-9-19/h5-10,15H,2-4,11-14,16H2,1H3,(H,25,27). The quantitative estimate of drug-likeness (QED) is 0.419. The van der Waals surface area contributed by atoms with Gasteiger partial charge in [-0.3, -0.25) is 9.59 Å². The summed E-state index contributed by atoms with van der Waals surface area (Å²) in [5, 5.41) is 2.63. The van der Waals surface area contributed by atoms with Crippen LogP contribution in [0.2, 0.25) is 0 Å². The molecule has 0 spiro atoms. The third-order valence-electron chi connectivity index (χ3n) is 5.19. The average Bonchev–Trinajstić information content (AvgIpc) is 2.81. The maximum atomic E-state index is 12.9. The molecule has 0 saturated carbocycles. The van der Waals surface area contributed by atoms with Gasteiger partial charge in [-0.1, -0.05) is 12.5 Å². The van der Waals surface area contributed by atoms with E-state index in [1.54, 1.807) is 25.1 Å². The molecule has 3 rings (SSSR count). The molecule has 10 heteroatoms. The molecule has 0 bridgehead atoms. The SMILES string of the molecule is Cc1ccc(S(=O)(=O)N2CCCCC2)cc1NC(=O)COC(=O)CCSc1ccc(F)cc1. The number of anilines is 1. The Labute approximate surface area is 197 Å². The van der Waals surface area contributed by atoms with E-state index in [2.05, 4.69) is 5.32 Å². The maximum Gasteiger partial charge on any atom is 0.307 e. The van der Waals surface area contributed by atoms with Gasteiger partial charge in [-0.2, -0.15) is 4.31 Å². The number of amides is 1. The van der Waals surface area contributed by atoms with E-state index in [0.717, 1.165) is 24.2 Å². The summed E-state index contributed by atoms with van der Waals surface area (Å²) in [4.78, 5) is 25.1. The zero-order valence-corrected chi connectivity index (χ0v) is 20.0. The number of carbonyl (C=O) groups excluding carboxylic acids is 2. The summed E-state index contributed by atoms with van der Waals surface area (Å²) in [5.74, 6) is -0.973. The largest absolute Gasteiger partial charge is 0.456 e. The molecule has 0 aromatic heterocycles. The molecule has 33 heavy (non-hydrogen) atoms. The molecule has 1 aliphatic heterocycles. The van der Waals surface area contributed by atoms with E-state index in [-0.39, 0.29) is 17.1 Å². The topological polar surface area (TPSA) is 92.8 Å². The number of nitrogens with one attached hydrogen (secondary N) is 1. The molecule has 2 aromatic carbocycles. The highest BCUT2D eigenvalue weighted by molar-refractivity contribution is 7.99. The van der Waals surface area contributed by atoms with Crippen LogP contribution in [0.25, 0.3) is 0 Å². The van der Waals surface area contributed by atoms with Crippen molar-refractivity contribution in [2.24, 2.45) is 0 Å². The van der Waals surface area contributed by atoms with Crippen LogP contribution in [0.1, 0.15) is 31.2 Å². The lowest BCUT2D eigenvalue weighted by Gasteiger charge is -2.26. The number of esters is 1. The minimum absolute atomic E-state index is 0.0952. The van der Waals surface area contributed by atoms with E-state index < -0.39 is 28.5 Å². The van der Waals surface area contributed by atoms with E-state index in [9.17, 15) is 22.4 Å². The molecule has 7 nitrogen and oxygen atoms in total. The lowest BCUT2D eigenvalue weighted by Crippen LogP contribution is -2.35. The second kappa shape index (κ2) is 11.6. The minimum Gasteiger partial charge on any atom is -0.456 e. The van der Waals surface area contributed by atoms with Crippen LogP contribution in [-0.2, 0) is 24.3 Å². The van der Waals surface area contributed by atoms with Crippen molar-refractivity contribution in [3.05, 3.63) is 53.8 Å². The predicted molar refractivity (Wildman–Crippen MR) is 125 cm³/mol. The van der Waals surface area contributed by atoms with E-state index in [1.807, 2.05) is 0 Å². The highest BCUT2D eigenvalue weighted by Gasteiger charge is 2.26. The number of thioether (sulfide) groups is 1. The molecule has 2 aromatic rings. The fourth-order valence-corrected chi connectivity index (χ4v) is 5.71. The van der Waals surface area contributed by atoms with Crippen LogP contribution in [0.15, 0.2) is 52.3 Å². The zero-order chi connectivity index (χ0) is 23.8. The molecule has 0 aliphatic carbocycles. The lowest BCUT2D eigenvalue weighted by atomic mass is 10.2. The van der Waals surface area contributed by atoms with Gasteiger partial charge in [0.1, 0.15) is 5.82 Å². The first-order valence-electron chi connectivity index (χ1n) is 10.7. The van der Waals surface area contributed by atoms with Crippen molar-refractivity contribution in [1.29, 1.82) is 0 Å². The van der Waals surface area contributed by atoms with Crippen molar-refractivity contribution in [2.75, 3.05) is 30.8 Å². The fraction of sp³-hybridized carbons (Fsp3) is 0.391. The number of piperidine rings is 1. The van der Waals surface area contributed by atoms with E-state index in [1.165, 1.54) is 40.3 Å². The van der Waals surface area contributed by atoms with Gasteiger partial charge in [-0.15, -0.1) is 11.8 Å². The summed E-state index contributed by atoms with van der Waals surface area (Å²) in [6.45, 7) is 2.27. The number of sulfonamides is 1. The second-order valence-electron chi connectivity index (χ2n) is 7.70. The molecule has 0 unspecified atom stereocenters. The van der Waals surface area contributed by atoms with Gasteiger partial charge in [0, 0.05) is 29.4 Å². The lowest BCUT2D eigenvalue weighted by molar-refractivity contribution is -0.146. The maximum absolute atomic E-state index is 12.9. The zero-order valence-electron chi connectivity index (χ0n) is 18.4. The van der Waals surface area contributed by atoms with Crippen molar-refractivity contribution in [3.63, 3.8) is 0 Å². The third kappa shape index (κ3) is 7.28. The first-order valence-corrected chi connectivity index (χ1v) is 13.1. The Balaban J connectivity index is 1.49. The summed E-state index contributed by atoms with van der Waals surface area (Å²) in [6.07, 6.45) is 2.79. The molecule has 0 atom stereocenters. The molecule has 1 saturated heterocycles. The van der Waals surface area contributed by atoms with Gasteiger partial charge in [0.25, 0.3) is 5.91 Å². The summed E-state index contributed by atoms with van der Waals surface area (Å²) in [6, 6.07) is 10.6. The number of hydrogen-bond donors (Lipinski definition) is 1. The Morgan fingerprint density at radius 3 is 2.48 bits per heavy atom. The average molecular weight is 495 g/mol. The number of nitrogens with zero attached hydrogens (tertiary/aromatic N) is 1. The van der Waals surface area contributed by atoms with Crippen molar-refractivity contribution in [3.8, 4) is 0 Å². The smallest absolute Gasteiger partial charge is 0.307 e. The molecule has 1 fully saturated rings. The van der Waals surface area contributed by atoms with Crippen LogP contribution in [0.3, 0.4) is 0 Å². The highest BCUT2D eigenvalue weighted by Crippen LogP contribution is 2.25. The normalized spacial score (nSPS) is 14.6. The van der Waals surface area contributed by atoms with Crippen molar-refractivity contribution in [2.45, 2.75) is 42.4 Å². The third-order valence-corrected chi connectivity index (χ3v) is 8.10. The number of halogens is 1. The Hall–Kier alpha value is -2.43. The molecule has 1 amide bonds. The number of hydrogen-bond acceptors (Lipinski definition) is 6. The predicted octanol–water partition coefficient (Wildman–Crippen LogP) is 3.97. The van der Waals surface area contributed by atoms with Crippen molar-refractivity contribution >= 4 is 39.3 Å². The molecule has 1 aliphatic rings. The number of aryl methyl sites for hydroxylation is 1. The van der Waals surface area contributed by atoms with Gasteiger partial charge in [0.15, 0.2) is 6.61 Å². The van der Waals surface area contributed by atoms with Crippen LogP contribution < -0.4 is 5.32 Å². The van der Waals surface area contributed by atoms with Gasteiger partial charge < -0.3 is 10.1 Å². The van der Waals surface area contributed by atoms with Gasteiger partial charge in [-0.25, -0.2) is 12.8 Å². The molecule has 1 heterocycles. The monoisotopic (exact) mass is 494 g/mol. The second-order valence-corrected chi connectivity index (χ2v) is 10.8. The Morgan fingerprint density at radius 1 is 1.09 bits per heavy atom. The summed E-state index contributed by atoms with van der Waals surface area (Å²) in [5.41, 5.74) is 1.06. The van der Waals surface area contributed by atoms with Crippen LogP contribution in [-0.4, -0.2) is 50.0 Å². The van der Waals surface area contributed by atoms with Crippen LogP contribution >= 0.6 is 11.8 Å². The van der Waals surface area contributed by atoms with Crippen LogP contribution in [0, 0.1) is 12.7 Å². The first kappa shape index (κ1) is 25.2. The molecule has 178 valence electrons. The molecule has 0 radical (unpaired) electrons. The van der Waals surface area contributed by atoms with Crippen molar-refractivity contribution < 1.29 is 27.1 Å². The van der Waals surface area contributed by atoms with Gasteiger partial charge in [0.05, 0.1) is 11.3 Å². The number of carbonyl (C=O) groups is 2. The first-order chi connectivity index (χ1) is 15.8. The summed E-state index contributed by atoms with van der Waals surface area (Å²) in [7, 11) is -3.62. The van der Waals surface area contributed by atoms with Gasteiger partial charge in [0.2, 0.25) is 10.0 Å². The highest BCUT2D eigenvalue weighted by atomic mass is 32.2. The van der Waals surface area contributed by atoms with Gasteiger partial charge >= 0.3 is 5.97 Å². The van der Waals surface area contributed by atoms with E-state index in [4.69, 9.17) is 4.74 Å². The molecular formula is C23H27FN2O5S2. The van der Waals surface area contributed by atoms with Gasteiger partial charge in [-0.05, 0) is 61.7 Å². The Kier molecular flexibility index (Phi) is 8.87. The summed E-state index contributed by atoms with van der Waals surface area (Å²) < 4.78 is 45.2. The molecule has 1 N–H and O–H groups in total.